The Morgan fingerprint density at radius 2 is 2.31 bits per heavy atom. The Bertz CT molecular complexity index is 404. The summed E-state index contributed by atoms with van der Waals surface area (Å²) in [5.74, 6) is 0.593. The number of H-pyrrole nitrogens is 1. The molecule has 13 heavy (non-hydrogen) atoms. The molecule has 3 heteroatoms. The molecule has 0 radical (unpaired) electrons. The summed E-state index contributed by atoms with van der Waals surface area (Å²) in [6, 6.07) is 5.99. The summed E-state index contributed by atoms with van der Waals surface area (Å²) in [5.41, 5.74) is 8.76. The van der Waals surface area contributed by atoms with Gasteiger partial charge >= 0.3 is 0 Å². The molecule has 0 saturated carbocycles. The number of pyridine rings is 1. The molecule has 3 nitrogen and oxygen atoms in total. The number of aryl methyl sites for hydroxylation is 1. The molecule has 66 valence electrons. The lowest BCUT2D eigenvalue weighted by Crippen LogP contribution is -1.93. The van der Waals surface area contributed by atoms with Crippen LogP contribution < -0.4 is 5.73 Å². The summed E-state index contributed by atoms with van der Waals surface area (Å²) in [5, 5.41) is 0. The number of nitrogens with one attached hydrogen (secondary N) is 1. The van der Waals surface area contributed by atoms with Crippen molar-refractivity contribution in [3.8, 4) is 11.3 Å². The van der Waals surface area contributed by atoms with Gasteiger partial charge in [-0.25, -0.2) is 4.98 Å². The van der Waals surface area contributed by atoms with E-state index in [1.54, 1.807) is 6.20 Å². The molecule has 2 heterocycles. The van der Waals surface area contributed by atoms with Crippen LogP contribution >= 0.6 is 0 Å². The van der Waals surface area contributed by atoms with Crippen molar-refractivity contribution in [3.05, 3.63) is 36.2 Å². The Kier molecular flexibility index (Phi) is 1.77. The standard InChI is InChI=1S/C10H11N3/c1-7-5-8(6-13-10(7)11)9-3-2-4-12-9/h2-6,12H,1H3,(H2,11,13). The summed E-state index contributed by atoms with van der Waals surface area (Å²) in [4.78, 5) is 7.21. The van der Waals surface area contributed by atoms with Crippen LogP contribution in [0.25, 0.3) is 11.3 Å². The first-order valence-corrected chi connectivity index (χ1v) is 4.13. The minimum absolute atomic E-state index is 0.593. The van der Waals surface area contributed by atoms with Crippen molar-refractivity contribution in [2.24, 2.45) is 0 Å². The maximum atomic E-state index is 5.62. The molecule has 2 rings (SSSR count). The number of anilines is 1. The average Bonchev–Trinajstić information content (AvgIpc) is 2.62. The van der Waals surface area contributed by atoms with Gasteiger partial charge in [-0.3, -0.25) is 0 Å². The van der Waals surface area contributed by atoms with Crippen molar-refractivity contribution in [2.45, 2.75) is 6.92 Å². The Hall–Kier alpha value is -1.77. The molecule has 3 N–H and O–H groups in total. The Morgan fingerprint density at radius 3 is 2.92 bits per heavy atom. The van der Waals surface area contributed by atoms with Crippen LogP contribution in [-0.2, 0) is 0 Å². The molecule has 0 spiro atoms. The number of hydrogen-bond acceptors (Lipinski definition) is 2. The second-order valence-corrected chi connectivity index (χ2v) is 3.01. The Balaban J connectivity index is 2.49. The zero-order valence-electron chi connectivity index (χ0n) is 7.41. The van der Waals surface area contributed by atoms with Gasteiger partial charge in [0.2, 0.25) is 0 Å². The van der Waals surface area contributed by atoms with Gasteiger partial charge in [0, 0.05) is 23.7 Å². The molecule has 0 unspecified atom stereocenters. The fourth-order valence-corrected chi connectivity index (χ4v) is 1.24. The zero-order valence-corrected chi connectivity index (χ0v) is 7.41. The molecule has 0 bridgehead atoms. The normalized spacial score (nSPS) is 10.2. The molecule has 0 atom stereocenters. The van der Waals surface area contributed by atoms with E-state index in [-0.39, 0.29) is 0 Å². The third-order valence-electron chi connectivity index (χ3n) is 2.03. The molecule has 0 aliphatic rings. The number of nitrogens with zero attached hydrogens (tertiary/aromatic N) is 1. The summed E-state index contributed by atoms with van der Waals surface area (Å²) in [6.45, 7) is 1.95. The van der Waals surface area contributed by atoms with Crippen molar-refractivity contribution in [1.82, 2.24) is 9.97 Å². The number of aromatic nitrogens is 2. The second kappa shape index (κ2) is 2.94. The zero-order chi connectivity index (χ0) is 9.26. The van der Waals surface area contributed by atoms with E-state index >= 15 is 0 Å². The predicted octanol–water partition coefficient (Wildman–Crippen LogP) is 1.97. The predicted molar refractivity (Wildman–Crippen MR) is 53.2 cm³/mol. The van der Waals surface area contributed by atoms with E-state index in [2.05, 4.69) is 9.97 Å². The number of nitrogens with two attached hydrogens (primary N) is 1. The van der Waals surface area contributed by atoms with Crippen LogP contribution in [0.3, 0.4) is 0 Å². The highest BCUT2D eigenvalue weighted by Crippen LogP contribution is 2.19. The van der Waals surface area contributed by atoms with Crippen LogP contribution in [0.5, 0.6) is 0 Å². The van der Waals surface area contributed by atoms with Gasteiger partial charge in [0.15, 0.2) is 0 Å². The van der Waals surface area contributed by atoms with Crippen LogP contribution in [0.2, 0.25) is 0 Å². The molecule has 0 aliphatic heterocycles. The first-order chi connectivity index (χ1) is 6.27. The number of rotatable bonds is 1. The third-order valence-corrected chi connectivity index (χ3v) is 2.03. The van der Waals surface area contributed by atoms with Gasteiger partial charge in [-0.1, -0.05) is 0 Å². The highest BCUT2D eigenvalue weighted by Gasteiger charge is 2.00. The van der Waals surface area contributed by atoms with Crippen LogP contribution in [0, 0.1) is 6.92 Å². The van der Waals surface area contributed by atoms with Crippen LogP contribution in [0.1, 0.15) is 5.56 Å². The number of aromatic amines is 1. The van der Waals surface area contributed by atoms with E-state index < -0.39 is 0 Å². The lowest BCUT2D eigenvalue weighted by molar-refractivity contribution is 1.27. The molecular formula is C10H11N3. The van der Waals surface area contributed by atoms with Gasteiger partial charge in [-0.2, -0.15) is 0 Å². The number of hydrogen-bond donors (Lipinski definition) is 2. The molecule has 0 fully saturated rings. The van der Waals surface area contributed by atoms with Crippen molar-refractivity contribution >= 4 is 5.82 Å². The van der Waals surface area contributed by atoms with E-state index in [1.807, 2.05) is 31.3 Å². The van der Waals surface area contributed by atoms with E-state index in [4.69, 9.17) is 5.73 Å². The smallest absolute Gasteiger partial charge is 0.126 e. The summed E-state index contributed by atoms with van der Waals surface area (Å²) < 4.78 is 0. The van der Waals surface area contributed by atoms with Gasteiger partial charge in [-0.15, -0.1) is 0 Å². The summed E-state index contributed by atoms with van der Waals surface area (Å²) >= 11 is 0. The molecule has 0 amide bonds. The SMILES string of the molecule is Cc1cc(-c2ccc[nH]2)cnc1N. The molecular weight excluding hydrogens is 162 g/mol. The van der Waals surface area contributed by atoms with Crippen molar-refractivity contribution in [3.63, 3.8) is 0 Å². The first-order valence-electron chi connectivity index (χ1n) is 4.13. The van der Waals surface area contributed by atoms with E-state index in [0.717, 1.165) is 16.8 Å². The van der Waals surface area contributed by atoms with Crippen LogP contribution in [0.15, 0.2) is 30.6 Å². The Labute approximate surface area is 76.6 Å². The monoisotopic (exact) mass is 173 g/mol. The fourth-order valence-electron chi connectivity index (χ4n) is 1.24. The van der Waals surface area contributed by atoms with Crippen LogP contribution in [-0.4, -0.2) is 9.97 Å². The van der Waals surface area contributed by atoms with Gasteiger partial charge in [0.25, 0.3) is 0 Å². The second-order valence-electron chi connectivity index (χ2n) is 3.01. The largest absolute Gasteiger partial charge is 0.383 e. The lowest BCUT2D eigenvalue weighted by atomic mass is 10.1. The first kappa shape index (κ1) is 7.86. The van der Waals surface area contributed by atoms with Gasteiger partial charge in [0.1, 0.15) is 5.82 Å². The lowest BCUT2D eigenvalue weighted by Gasteiger charge is -2.01. The van der Waals surface area contributed by atoms with Gasteiger partial charge in [-0.05, 0) is 30.7 Å². The fraction of sp³-hybridized carbons (Fsp3) is 0.100. The molecule has 2 aromatic heterocycles. The topological polar surface area (TPSA) is 54.7 Å². The third kappa shape index (κ3) is 1.40. The minimum atomic E-state index is 0.593. The van der Waals surface area contributed by atoms with E-state index in [1.165, 1.54) is 0 Å². The van der Waals surface area contributed by atoms with E-state index in [9.17, 15) is 0 Å². The maximum absolute atomic E-state index is 5.62. The summed E-state index contributed by atoms with van der Waals surface area (Å²) in [7, 11) is 0. The molecule has 0 aromatic carbocycles. The summed E-state index contributed by atoms with van der Waals surface area (Å²) in [6.07, 6.45) is 3.66. The van der Waals surface area contributed by atoms with Crippen molar-refractivity contribution < 1.29 is 0 Å². The molecule has 0 aliphatic carbocycles. The highest BCUT2D eigenvalue weighted by molar-refractivity contribution is 5.61. The number of nitrogen functional groups attached to an aromatic ring is 1. The minimum Gasteiger partial charge on any atom is -0.383 e. The highest BCUT2D eigenvalue weighted by atomic mass is 14.8. The van der Waals surface area contributed by atoms with Crippen LogP contribution in [0.4, 0.5) is 5.82 Å². The van der Waals surface area contributed by atoms with Gasteiger partial charge in [0.05, 0.1) is 0 Å². The average molecular weight is 173 g/mol. The quantitative estimate of drug-likeness (QED) is 0.692. The van der Waals surface area contributed by atoms with E-state index in [0.29, 0.717) is 5.82 Å². The maximum Gasteiger partial charge on any atom is 0.126 e. The molecule has 0 saturated heterocycles. The van der Waals surface area contributed by atoms with Crippen molar-refractivity contribution in [2.75, 3.05) is 5.73 Å². The van der Waals surface area contributed by atoms with Gasteiger partial charge < -0.3 is 10.7 Å². The Morgan fingerprint density at radius 1 is 1.46 bits per heavy atom. The molecule has 2 aromatic rings. The van der Waals surface area contributed by atoms with Crippen molar-refractivity contribution in [1.29, 1.82) is 0 Å².